The fourth-order valence-electron chi connectivity index (χ4n) is 2.72. The van der Waals surface area contributed by atoms with Crippen LogP contribution in [0.1, 0.15) is 19.5 Å². The Morgan fingerprint density at radius 2 is 1.94 bits per heavy atom. The average molecular weight is 466 g/mol. The van der Waals surface area contributed by atoms with E-state index < -0.39 is 11.9 Å². The van der Waals surface area contributed by atoms with Gasteiger partial charge in [-0.1, -0.05) is 22.9 Å². The minimum atomic E-state index is -0.605. The molecule has 3 aromatic rings. The third kappa shape index (κ3) is 5.48. The predicted molar refractivity (Wildman–Crippen MR) is 122 cm³/mol. The van der Waals surface area contributed by atoms with E-state index in [-0.39, 0.29) is 24.0 Å². The number of halogens is 2. The van der Waals surface area contributed by atoms with Crippen molar-refractivity contribution in [1.29, 1.82) is 0 Å². The first-order chi connectivity index (χ1) is 14.7. The van der Waals surface area contributed by atoms with Crippen LogP contribution in [-0.4, -0.2) is 52.6 Å². The summed E-state index contributed by atoms with van der Waals surface area (Å²) < 4.78 is 19.8. The van der Waals surface area contributed by atoms with Gasteiger partial charge < -0.3 is 20.5 Å². The quantitative estimate of drug-likeness (QED) is 0.520. The molecule has 0 spiro atoms. The van der Waals surface area contributed by atoms with Crippen molar-refractivity contribution in [1.82, 2.24) is 15.2 Å². The Morgan fingerprint density at radius 3 is 2.61 bits per heavy atom. The third-order valence-electron chi connectivity index (χ3n) is 4.69. The van der Waals surface area contributed by atoms with Gasteiger partial charge in [0.1, 0.15) is 22.4 Å². The Hall–Kier alpha value is -2.33. The lowest BCUT2D eigenvalue weighted by atomic mass is 10.2. The second kappa shape index (κ2) is 9.86. The molecule has 0 unspecified atom stereocenters. The van der Waals surface area contributed by atoms with Gasteiger partial charge in [-0.2, -0.15) is 0 Å². The van der Waals surface area contributed by atoms with E-state index in [1.165, 1.54) is 23.5 Å². The van der Waals surface area contributed by atoms with Crippen molar-refractivity contribution in [2.45, 2.75) is 32.9 Å². The minimum absolute atomic E-state index is 0.0272. The maximum Gasteiger partial charge on any atom is 0.165 e. The van der Waals surface area contributed by atoms with Crippen LogP contribution in [0.5, 0.6) is 5.75 Å². The summed E-state index contributed by atoms with van der Waals surface area (Å²) in [5, 5.41) is 18.9. The van der Waals surface area contributed by atoms with Gasteiger partial charge in [0.05, 0.1) is 17.7 Å². The fourth-order valence-corrected chi connectivity index (χ4v) is 3.88. The van der Waals surface area contributed by atoms with Crippen LogP contribution in [0.4, 0.5) is 10.2 Å². The maximum atomic E-state index is 14.5. The molecule has 0 saturated heterocycles. The molecule has 0 amide bonds. The number of aliphatic hydroxyl groups is 1. The average Bonchev–Trinajstić information content (AvgIpc) is 3.22. The van der Waals surface area contributed by atoms with Crippen molar-refractivity contribution in [3.8, 4) is 26.9 Å². The lowest BCUT2D eigenvalue weighted by Crippen LogP contribution is -2.31. The number of rotatable bonds is 8. The predicted octanol–water partition coefficient (Wildman–Crippen LogP) is 3.91. The topological polar surface area (TPSA) is 97.4 Å². The van der Waals surface area contributed by atoms with Gasteiger partial charge in [0.2, 0.25) is 0 Å². The Labute approximate surface area is 189 Å². The van der Waals surface area contributed by atoms with E-state index in [9.17, 15) is 4.39 Å². The zero-order chi connectivity index (χ0) is 22.7. The summed E-state index contributed by atoms with van der Waals surface area (Å²) in [6, 6.07) is 6.23. The van der Waals surface area contributed by atoms with Gasteiger partial charge >= 0.3 is 0 Å². The maximum absolute atomic E-state index is 14.5. The lowest BCUT2D eigenvalue weighted by molar-refractivity contribution is 0.202. The normalized spacial score (nSPS) is 12.3. The lowest BCUT2D eigenvalue weighted by Gasteiger charge is -2.23. The molecule has 0 bridgehead atoms. The van der Waals surface area contributed by atoms with Crippen molar-refractivity contribution in [2.75, 3.05) is 25.2 Å². The summed E-state index contributed by atoms with van der Waals surface area (Å²) >= 11 is 7.68. The highest BCUT2D eigenvalue weighted by atomic mass is 35.5. The number of pyridine rings is 1. The second-order valence-electron chi connectivity index (χ2n) is 7.49. The van der Waals surface area contributed by atoms with E-state index >= 15 is 0 Å². The van der Waals surface area contributed by atoms with Gasteiger partial charge in [-0.15, -0.1) is 10.2 Å². The zero-order valence-corrected chi connectivity index (χ0v) is 19.3. The molecular weight excluding hydrogens is 441 g/mol. The Bertz CT molecular complexity index is 1060. The molecule has 0 aliphatic heterocycles. The van der Waals surface area contributed by atoms with Crippen LogP contribution in [0, 0.1) is 12.7 Å². The van der Waals surface area contributed by atoms with E-state index in [4.69, 9.17) is 27.2 Å². The molecular formula is C21H25ClFN5O2S. The van der Waals surface area contributed by atoms with Crippen molar-refractivity contribution in [3.05, 3.63) is 40.8 Å². The van der Waals surface area contributed by atoms with E-state index in [1.807, 2.05) is 26.1 Å². The van der Waals surface area contributed by atoms with Gasteiger partial charge in [-0.05, 0) is 39.0 Å². The molecule has 31 heavy (non-hydrogen) atoms. The molecule has 0 fully saturated rings. The molecule has 1 atom stereocenters. The largest absolute Gasteiger partial charge is 0.489 e. The number of benzene rings is 1. The van der Waals surface area contributed by atoms with Gasteiger partial charge in [0.15, 0.2) is 11.6 Å². The molecule has 1 aromatic carbocycles. The van der Waals surface area contributed by atoms with E-state index in [0.29, 0.717) is 21.6 Å². The Kier molecular flexibility index (Phi) is 7.42. The zero-order valence-electron chi connectivity index (χ0n) is 17.8. The molecule has 7 nitrogen and oxygen atoms in total. The molecule has 3 N–H and O–H groups in total. The van der Waals surface area contributed by atoms with Crippen LogP contribution >= 0.6 is 22.9 Å². The summed E-state index contributed by atoms with van der Waals surface area (Å²) in [5.41, 5.74) is 7.76. The van der Waals surface area contributed by atoms with E-state index in [1.54, 1.807) is 0 Å². The number of aliphatic hydroxyl groups excluding tert-OH is 1. The molecule has 10 heteroatoms. The first kappa shape index (κ1) is 23.3. The monoisotopic (exact) mass is 465 g/mol. The van der Waals surface area contributed by atoms with E-state index in [2.05, 4.69) is 33.9 Å². The molecule has 0 aliphatic rings. The molecule has 0 radical (unpaired) electrons. The van der Waals surface area contributed by atoms with Crippen LogP contribution in [0.25, 0.3) is 21.1 Å². The second-order valence-corrected chi connectivity index (χ2v) is 8.87. The van der Waals surface area contributed by atoms with Gasteiger partial charge in [0.25, 0.3) is 0 Å². The van der Waals surface area contributed by atoms with Gasteiger partial charge in [-0.25, -0.2) is 9.37 Å². The summed E-state index contributed by atoms with van der Waals surface area (Å²) in [7, 11) is 1.99. The van der Waals surface area contributed by atoms with Crippen LogP contribution < -0.4 is 15.4 Å². The summed E-state index contributed by atoms with van der Waals surface area (Å²) in [6.07, 6.45) is 0. The van der Waals surface area contributed by atoms with Gasteiger partial charge in [0, 0.05) is 36.0 Å². The third-order valence-corrected chi connectivity index (χ3v) is 6.01. The first-order valence-corrected chi connectivity index (χ1v) is 10.9. The first-order valence-electron chi connectivity index (χ1n) is 9.73. The molecule has 0 saturated carbocycles. The van der Waals surface area contributed by atoms with E-state index in [0.717, 1.165) is 17.1 Å². The SMILES string of the molecule is Cc1cc(-c2nnc(-c3cc(F)c(OC[C@H](N)CO)cc3Cl)s2)cc(N(C)C(C)C)n1. The van der Waals surface area contributed by atoms with Gasteiger partial charge in [-0.3, -0.25) is 0 Å². The standard InChI is InChI=1S/C21H25ClFN5O2S/c1-11(2)28(4)19-6-13(5-12(3)25-19)20-26-27-21(31-20)15-7-17(23)18(8-16(15)22)30-10-14(24)9-29/h5-8,11,14,29H,9-10,24H2,1-4H3/t14-/m1/s1. The molecule has 2 aromatic heterocycles. The van der Waals surface area contributed by atoms with Crippen molar-refractivity contribution in [3.63, 3.8) is 0 Å². The van der Waals surface area contributed by atoms with Crippen LogP contribution in [-0.2, 0) is 0 Å². The van der Waals surface area contributed by atoms with Crippen LogP contribution in [0.15, 0.2) is 24.3 Å². The molecule has 0 aliphatic carbocycles. The number of nitrogens with two attached hydrogens (primary N) is 1. The summed E-state index contributed by atoms with van der Waals surface area (Å²) in [6.45, 7) is 5.82. The highest BCUT2D eigenvalue weighted by Crippen LogP contribution is 2.37. The minimum Gasteiger partial charge on any atom is -0.489 e. The van der Waals surface area contributed by atoms with Crippen molar-refractivity contribution < 1.29 is 14.2 Å². The Morgan fingerprint density at radius 1 is 1.23 bits per heavy atom. The number of hydrogen-bond donors (Lipinski definition) is 2. The molecule has 2 heterocycles. The summed E-state index contributed by atoms with van der Waals surface area (Å²) in [4.78, 5) is 6.67. The molecule has 166 valence electrons. The number of anilines is 1. The number of aromatic nitrogens is 3. The molecule has 3 rings (SSSR count). The fraction of sp³-hybridized carbons (Fsp3) is 0.381. The highest BCUT2D eigenvalue weighted by Gasteiger charge is 2.18. The van der Waals surface area contributed by atoms with Crippen LogP contribution in [0.3, 0.4) is 0 Å². The number of ether oxygens (including phenoxy) is 1. The van der Waals surface area contributed by atoms with Crippen molar-refractivity contribution in [2.24, 2.45) is 5.73 Å². The number of hydrogen-bond acceptors (Lipinski definition) is 8. The van der Waals surface area contributed by atoms with Crippen LogP contribution in [0.2, 0.25) is 5.02 Å². The highest BCUT2D eigenvalue weighted by molar-refractivity contribution is 7.18. The summed E-state index contributed by atoms with van der Waals surface area (Å²) in [5.74, 6) is 0.212. The number of nitrogens with zero attached hydrogens (tertiary/aromatic N) is 4. The number of aryl methyl sites for hydroxylation is 1. The van der Waals surface area contributed by atoms with Crippen molar-refractivity contribution >= 4 is 28.8 Å². The Balaban J connectivity index is 1.90. The smallest absolute Gasteiger partial charge is 0.165 e.